The van der Waals surface area contributed by atoms with Crippen LogP contribution in [0.25, 0.3) is 17.0 Å². The Balaban J connectivity index is 2.05. The van der Waals surface area contributed by atoms with Crippen molar-refractivity contribution < 1.29 is 9.59 Å². The number of fused-ring (bicyclic) bond motifs is 1. The Morgan fingerprint density at radius 3 is 2.61 bits per heavy atom. The molecule has 1 aliphatic rings. The van der Waals surface area contributed by atoms with E-state index < -0.39 is 0 Å². The normalized spacial score (nSPS) is 17.2. The number of carbonyl (C=O) groups excluding carboxylic acids is 2. The molecule has 0 saturated carbocycles. The van der Waals surface area contributed by atoms with E-state index in [1.54, 1.807) is 0 Å². The van der Waals surface area contributed by atoms with Gasteiger partial charge in [0, 0.05) is 35.8 Å². The van der Waals surface area contributed by atoms with Crippen LogP contribution in [0.1, 0.15) is 26.3 Å². The summed E-state index contributed by atoms with van der Waals surface area (Å²) in [5.41, 5.74) is 2.14. The van der Waals surface area contributed by atoms with E-state index in [4.69, 9.17) is 0 Å². The van der Waals surface area contributed by atoms with E-state index in [0.29, 0.717) is 17.4 Å². The molecule has 1 aliphatic heterocycles. The van der Waals surface area contributed by atoms with E-state index in [0.717, 1.165) is 34.8 Å². The van der Waals surface area contributed by atoms with E-state index in [9.17, 15) is 9.59 Å². The number of amides is 2. The second kappa shape index (κ2) is 6.24. The predicted molar refractivity (Wildman–Crippen MR) is 95.1 cm³/mol. The molecule has 3 rings (SSSR count). The van der Waals surface area contributed by atoms with Crippen molar-refractivity contribution in [3.05, 3.63) is 40.9 Å². The van der Waals surface area contributed by atoms with Crippen LogP contribution in [-0.4, -0.2) is 27.2 Å². The summed E-state index contributed by atoms with van der Waals surface area (Å²) in [5.74, 6) is 0.342. The SMILES string of the molecule is CCN1C(=O)S/C(=C\c2cn(CC(C)C)c3ccccc23)C1=O. The molecule has 0 bridgehead atoms. The van der Waals surface area contributed by atoms with Crippen LogP contribution < -0.4 is 0 Å². The van der Waals surface area contributed by atoms with E-state index in [2.05, 4.69) is 36.7 Å². The Labute approximate surface area is 140 Å². The smallest absolute Gasteiger partial charge is 0.293 e. The topological polar surface area (TPSA) is 42.3 Å². The number of thioether (sulfide) groups is 1. The Morgan fingerprint density at radius 2 is 1.96 bits per heavy atom. The molecule has 0 N–H and O–H groups in total. The zero-order chi connectivity index (χ0) is 16.6. The first-order valence-corrected chi connectivity index (χ1v) is 8.66. The minimum absolute atomic E-state index is 0.185. The summed E-state index contributed by atoms with van der Waals surface area (Å²) in [6.07, 6.45) is 3.92. The summed E-state index contributed by atoms with van der Waals surface area (Å²) in [6, 6.07) is 8.17. The van der Waals surface area contributed by atoms with Gasteiger partial charge in [0.15, 0.2) is 0 Å². The molecule has 1 aromatic heterocycles. The number of hydrogen-bond acceptors (Lipinski definition) is 3. The fourth-order valence-electron chi connectivity index (χ4n) is 2.85. The number of para-hydroxylation sites is 1. The molecule has 0 radical (unpaired) electrons. The monoisotopic (exact) mass is 328 g/mol. The van der Waals surface area contributed by atoms with Crippen LogP contribution in [0.15, 0.2) is 35.4 Å². The molecule has 2 heterocycles. The molecule has 23 heavy (non-hydrogen) atoms. The largest absolute Gasteiger partial charge is 0.347 e. The van der Waals surface area contributed by atoms with E-state index in [-0.39, 0.29) is 11.1 Å². The Hall–Kier alpha value is -2.01. The second-order valence-electron chi connectivity index (χ2n) is 6.07. The van der Waals surface area contributed by atoms with Crippen molar-refractivity contribution in [1.29, 1.82) is 0 Å². The number of aromatic nitrogens is 1. The molecule has 2 amide bonds. The summed E-state index contributed by atoms with van der Waals surface area (Å²) in [7, 11) is 0. The maximum absolute atomic E-state index is 12.3. The molecule has 120 valence electrons. The quantitative estimate of drug-likeness (QED) is 0.783. The van der Waals surface area contributed by atoms with Crippen molar-refractivity contribution in [3.63, 3.8) is 0 Å². The number of hydrogen-bond donors (Lipinski definition) is 0. The van der Waals surface area contributed by atoms with Gasteiger partial charge >= 0.3 is 0 Å². The fraction of sp³-hybridized carbons (Fsp3) is 0.333. The van der Waals surface area contributed by atoms with Crippen LogP contribution >= 0.6 is 11.8 Å². The van der Waals surface area contributed by atoms with Gasteiger partial charge in [-0.3, -0.25) is 14.5 Å². The summed E-state index contributed by atoms with van der Waals surface area (Å²) >= 11 is 1.02. The average Bonchev–Trinajstić information content (AvgIpc) is 2.98. The summed E-state index contributed by atoms with van der Waals surface area (Å²) in [4.78, 5) is 25.9. The molecule has 0 atom stereocenters. The fourth-order valence-corrected chi connectivity index (χ4v) is 3.74. The first kappa shape index (κ1) is 15.9. The van der Waals surface area contributed by atoms with Crippen LogP contribution in [-0.2, 0) is 11.3 Å². The summed E-state index contributed by atoms with van der Waals surface area (Å²) < 4.78 is 2.22. The molecule has 0 spiro atoms. The Bertz CT molecular complexity index is 804. The standard InChI is InChI=1S/C18H20N2O2S/c1-4-20-17(21)16(23-18(20)22)9-13-11-19(10-12(2)3)15-8-6-5-7-14(13)15/h5-9,11-12H,4,10H2,1-3H3/b16-9-. The molecule has 0 aliphatic carbocycles. The third kappa shape index (κ3) is 2.93. The molecule has 2 aromatic rings. The predicted octanol–water partition coefficient (Wildman–Crippen LogP) is 4.35. The van der Waals surface area contributed by atoms with Gasteiger partial charge in [-0.2, -0.15) is 0 Å². The van der Waals surface area contributed by atoms with E-state index in [1.165, 1.54) is 4.90 Å². The number of likely N-dealkylation sites (N-methyl/N-ethyl adjacent to an activating group) is 1. The zero-order valence-electron chi connectivity index (χ0n) is 13.6. The lowest BCUT2D eigenvalue weighted by molar-refractivity contribution is -0.122. The van der Waals surface area contributed by atoms with Gasteiger partial charge in [-0.05, 0) is 36.7 Å². The minimum Gasteiger partial charge on any atom is -0.347 e. The van der Waals surface area contributed by atoms with Gasteiger partial charge in [-0.1, -0.05) is 32.0 Å². The second-order valence-corrected chi connectivity index (χ2v) is 7.07. The Kier molecular flexibility index (Phi) is 4.31. The van der Waals surface area contributed by atoms with Crippen LogP contribution in [0.4, 0.5) is 4.79 Å². The summed E-state index contributed by atoms with van der Waals surface area (Å²) in [6.45, 7) is 7.51. The van der Waals surface area contributed by atoms with Gasteiger partial charge in [0.1, 0.15) is 0 Å². The highest BCUT2D eigenvalue weighted by atomic mass is 32.2. The van der Waals surface area contributed by atoms with Gasteiger partial charge in [0.25, 0.3) is 11.1 Å². The van der Waals surface area contributed by atoms with Crippen LogP contribution in [0, 0.1) is 5.92 Å². The van der Waals surface area contributed by atoms with Crippen molar-refractivity contribution >= 4 is 39.9 Å². The zero-order valence-corrected chi connectivity index (χ0v) is 14.4. The van der Waals surface area contributed by atoms with Crippen molar-refractivity contribution in [2.24, 2.45) is 5.92 Å². The number of carbonyl (C=O) groups is 2. The third-order valence-corrected chi connectivity index (χ3v) is 4.77. The summed E-state index contributed by atoms with van der Waals surface area (Å²) in [5, 5.41) is 0.922. The molecular formula is C18H20N2O2S. The van der Waals surface area contributed by atoms with Gasteiger partial charge < -0.3 is 4.57 Å². The number of benzene rings is 1. The molecule has 1 aromatic carbocycles. The van der Waals surface area contributed by atoms with Crippen molar-refractivity contribution in [3.8, 4) is 0 Å². The van der Waals surface area contributed by atoms with Crippen molar-refractivity contribution in [1.82, 2.24) is 9.47 Å². The van der Waals surface area contributed by atoms with Gasteiger partial charge in [0.2, 0.25) is 0 Å². The highest BCUT2D eigenvalue weighted by Crippen LogP contribution is 2.34. The molecule has 1 fully saturated rings. The number of imide groups is 1. The van der Waals surface area contributed by atoms with Crippen LogP contribution in [0.5, 0.6) is 0 Å². The lowest BCUT2D eigenvalue weighted by atomic mass is 10.1. The lowest BCUT2D eigenvalue weighted by Gasteiger charge is -2.07. The van der Waals surface area contributed by atoms with Crippen molar-refractivity contribution in [2.45, 2.75) is 27.3 Å². The average molecular weight is 328 g/mol. The number of rotatable bonds is 4. The maximum Gasteiger partial charge on any atom is 0.293 e. The van der Waals surface area contributed by atoms with Crippen LogP contribution in [0.2, 0.25) is 0 Å². The Morgan fingerprint density at radius 1 is 1.22 bits per heavy atom. The number of nitrogens with zero attached hydrogens (tertiary/aromatic N) is 2. The highest BCUT2D eigenvalue weighted by Gasteiger charge is 2.33. The van der Waals surface area contributed by atoms with E-state index in [1.807, 2.05) is 25.1 Å². The highest BCUT2D eigenvalue weighted by molar-refractivity contribution is 8.18. The van der Waals surface area contributed by atoms with Crippen LogP contribution in [0.3, 0.4) is 0 Å². The van der Waals surface area contributed by atoms with Gasteiger partial charge in [-0.25, -0.2) is 0 Å². The molecule has 1 saturated heterocycles. The minimum atomic E-state index is -0.191. The maximum atomic E-state index is 12.3. The third-order valence-electron chi connectivity index (χ3n) is 3.86. The van der Waals surface area contributed by atoms with Gasteiger partial charge in [0.05, 0.1) is 4.91 Å². The lowest BCUT2D eigenvalue weighted by Crippen LogP contribution is -2.27. The first-order chi connectivity index (χ1) is 11.0. The van der Waals surface area contributed by atoms with E-state index >= 15 is 0 Å². The first-order valence-electron chi connectivity index (χ1n) is 7.84. The molecule has 4 nitrogen and oxygen atoms in total. The van der Waals surface area contributed by atoms with Crippen molar-refractivity contribution in [2.75, 3.05) is 6.54 Å². The van der Waals surface area contributed by atoms with Gasteiger partial charge in [-0.15, -0.1) is 0 Å². The molecule has 5 heteroatoms. The molecule has 0 unspecified atom stereocenters. The molecular weight excluding hydrogens is 308 g/mol.